The number of benzene rings is 1. The van der Waals surface area contributed by atoms with E-state index in [1.165, 1.54) is 0 Å². The summed E-state index contributed by atoms with van der Waals surface area (Å²) in [7, 11) is 0. The van der Waals surface area contributed by atoms with Crippen LogP contribution in [0.15, 0.2) is 42.6 Å². The zero-order valence-electron chi connectivity index (χ0n) is 13.3. The maximum Gasteiger partial charge on any atom is 0.355 e. The minimum atomic E-state index is -0.999. The number of carboxylic acid groups (broad SMARTS) is 1. The molecule has 0 amide bonds. The minimum Gasteiger partial charge on any atom is -0.491 e. The number of nitrogens with zero attached hydrogens (tertiary/aromatic N) is 2. The van der Waals surface area contributed by atoms with Crippen molar-refractivity contribution in [2.75, 3.05) is 0 Å². The number of aryl methyl sites for hydroxylation is 1. The van der Waals surface area contributed by atoms with E-state index in [4.69, 9.17) is 4.74 Å². The van der Waals surface area contributed by atoms with Gasteiger partial charge in [0, 0.05) is 11.8 Å². The molecule has 0 aliphatic heterocycles. The Bertz CT molecular complexity index is 864. The van der Waals surface area contributed by atoms with E-state index in [9.17, 15) is 9.90 Å². The Kier molecular flexibility index (Phi) is 3.78. The molecule has 0 radical (unpaired) electrons. The van der Waals surface area contributed by atoms with Crippen LogP contribution in [0.5, 0.6) is 5.75 Å². The van der Waals surface area contributed by atoms with E-state index in [1.54, 1.807) is 10.6 Å². The van der Waals surface area contributed by atoms with Crippen LogP contribution in [0.3, 0.4) is 0 Å². The molecule has 3 rings (SSSR count). The van der Waals surface area contributed by atoms with Crippen LogP contribution in [0.1, 0.15) is 29.9 Å². The summed E-state index contributed by atoms with van der Waals surface area (Å²) in [5, 5.41) is 9.59. The highest BCUT2D eigenvalue weighted by Gasteiger charge is 2.20. The van der Waals surface area contributed by atoms with Gasteiger partial charge in [-0.05, 0) is 56.7 Å². The lowest BCUT2D eigenvalue weighted by molar-refractivity contribution is 0.0690. The van der Waals surface area contributed by atoms with Crippen LogP contribution >= 0.6 is 0 Å². The van der Waals surface area contributed by atoms with Gasteiger partial charge in [0.2, 0.25) is 0 Å². The summed E-state index contributed by atoms with van der Waals surface area (Å²) in [6.07, 6.45) is 1.81. The summed E-state index contributed by atoms with van der Waals surface area (Å²) < 4.78 is 7.24. The third-order valence-corrected chi connectivity index (χ3v) is 3.55. The normalized spacial score (nSPS) is 11.1. The molecule has 1 N–H and O–H groups in total. The summed E-state index contributed by atoms with van der Waals surface area (Å²) >= 11 is 0. The van der Waals surface area contributed by atoms with E-state index in [-0.39, 0.29) is 11.8 Å². The molecule has 2 heterocycles. The molecule has 0 bridgehead atoms. The van der Waals surface area contributed by atoms with Crippen molar-refractivity contribution < 1.29 is 14.6 Å². The van der Waals surface area contributed by atoms with Gasteiger partial charge in [-0.1, -0.05) is 6.07 Å². The number of rotatable bonds is 4. The van der Waals surface area contributed by atoms with Gasteiger partial charge >= 0.3 is 5.97 Å². The van der Waals surface area contributed by atoms with E-state index in [2.05, 4.69) is 4.98 Å². The number of aromatic nitrogens is 2. The van der Waals surface area contributed by atoms with Gasteiger partial charge in [-0.3, -0.25) is 4.40 Å². The van der Waals surface area contributed by atoms with Crippen LogP contribution in [-0.2, 0) is 0 Å². The molecular weight excluding hydrogens is 292 g/mol. The smallest absolute Gasteiger partial charge is 0.355 e. The summed E-state index contributed by atoms with van der Waals surface area (Å²) in [4.78, 5) is 16.2. The molecule has 1 aromatic carbocycles. The first-order valence-corrected chi connectivity index (χ1v) is 7.45. The molecule has 5 heteroatoms. The maximum atomic E-state index is 11.7. The van der Waals surface area contributed by atoms with Gasteiger partial charge in [0.05, 0.1) is 6.10 Å². The monoisotopic (exact) mass is 310 g/mol. The molecule has 0 unspecified atom stereocenters. The molecule has 0 atom stereocenters. The zero-order valence-corrected chi connectivity index (χ0v) is 13.3. The average Bonchev–Trinajstić information content (AvgIpc) is 2.88. The summed E-state index contributed by atoms with van der Waals surface area (Å²) in [6.45, 7) is 5.83. The molecule has 23 heavy (non-hydrogen) atoms. The van der Waals surface area contributed by atoms with Gasteiger partial charge in [0.1, 0.15) is 17.1 Å². The second-order valence-electron chi connectivity index (χ2n) is 5.69. The Balaban J connectivity index is 2.14. The summed E-state index contributed by atoms with van der Waals surface area (Å²) in [6, 6.07) is 11.1. The second kappa shape index (κ2) is 5.76. The van der Waals surface area contributed by atoms with Crippen LogP contribution in [0.25, 0.3) is 16.9 Å². The standard InChI is InChI=1S/C18H18N2O3/c1-11(2)23-14-8-6-13(7-9-14)15-16(18(21)22)20-10-4-5-12(3)17(20)19-15/h4-11H,1-3H3,(H,21,22). The number of carbonyl (C=O) groups is 1. The first-order chi connectivity index (χ1) is 11.0. The van der Waals surface area contributed by atoms with E-state index in [1.807, 2.05) is 57.2 Å². The highest BCUT2D eigenvalue weighted by Crippen LogP contribution is 2.27. The molecule has 0 fully saturated rings. The number of fused-ring (bicyclic) bond motifs is 1. The molecule has 118 valence electrons. The number of aromatic carboxylic acids is 1. The number of carboxylic acids is 1. The Morgan fingerprint density at radius 1 is 1.22 bits per heavy atom. The lowest BCUT2D eigenvalue weighted by atomic mass is 10.1. The highest BCUT2D eigenvalue weighted by molar-refractivity contribution is 5.95. The predicted molar refractivity (Wildman–Crippen MR) is 88.1 cm³/mol. The van der Waals surface area contributed by atoms with E-state index >= 15 is 0 Å². The summed E-state index contributed by atoms with van der Waals surface area (Å²) in [5.41, 5.74) is 2.97. The number of pyridine rings is 1. The number of hydrogen-bond donors (Lipinski definition) is 1. The van der Waals surface area contributed by atoms with Gasteiger partial charge in [-0.15, -0.1) is 0 Å². The van der Waals surface area contributed by atoms with Crippen LogP contribution in [-0.4, -0.2) is 26.6 Å². The van der Waals surface area contributed by atoms with Crippen LogP contribution in [0, 0.1) is 6.92 Å². The van der Waals surface area contributed by atoms with E-state index in [0.29, 0.717) is 11.3 Å². The topological polar surface area (TPSA) is 63.8 Å². The first kappa shape index (κ1) is 15.1. The number of hydrogen-bond acceptors (Lipinski definition) is 3. The van der Waals surface area contributed by atoms with Crippen LogP contribution < -0.4 is 4.74 Å². The fraction of sp³-hybridized carbons (Fsp3) is 0.222. The Morgan fingerprint density at radius 2 is 1.91 bits per heavy atom. The van der Waals surface area contributed by atoms with Gasteiger partial charge in [-0.25, -0.2) is 9.78 Å². The van der Waals surface area contributed by atoms with Gasteiger partial charge in [0.15, 0.2) is 5.69 Å². The van der Waals surface area contributed by atoms with Crippen molar-refractivity contribution in [3.63, 3.8) is 0 Å². The van der Waals surface area contributed by atoms with Crippen molar-refractivity contribution in [1.82, 2.24) is 9.38 Å². The molecule has 0 aliphatic carbocycles. The molecule has 5 nitrogen and oxygen atoms in total. The quantitative estimate of drug-likeness (QED) is 0.796. The van der Waals surface area contributed by atoms with E-state index in [0.717, 1.165) is 16.9 Å². The van der Waals surface area contributed by atoms with Crippen molar-refractivity contribution in [3.8, 4) is 17.0 Å². The van der Waals surface area contributed by atoms with Crippen molar-refractivity contribution in [3.05, 3.63) is 53.9 Å². The zero-order chi connectivity index (χ0) is 16.6. The second-order valence-corrected chi connectivity index (χ2v) is 5.69. The first-order valence-electron chi connectivity index (χ1n) is 7.45. The fourth-order valence-electron chi connectivity index (χ4n) is 2.57. The largest absolute Gasteiger partial charge is 0.491 e. The molecule has 0 saturated heterocycles. The third-order valence-electron chi connectivity index (χ3n) is 3.55. The lowest BCUT2D eigenvalue weighted by Crippen LogP contribution is -2.05. The van der Waals surface area contributed by atoms with Crippen LogP contribution in [0.4, 0.5) is 0 Å². The van der Waals surface area contributed by atoms with Crippen molar-refractivity contribution >= 4 is 11.6 Å². The van der Waals surface area contributed by atoms with Crippen LogP contribution in [0.2, 0.25) is 0 Å². The van der Waals surface area contributed by atoms with Gasteiger partial charge in [-0.2, -0.15) is 0 Å². The predicted octanol–water partition coefficient (Wildman–Crippen LogP) is 3.80. The third kappa shape index (κ3) is 2.77. The SMILES string of the molecule is Cc1cccn2c(C(=O)O)c(-c3ccc(OC(C)C)cc3)nc12. The molecule has 3 aromatic rings. The van der Waals surface area contributed by atoms with Crippen molar-refractivity contribution in [2.45, 2.75) is 26.9 Å². The van der Waals surface area contributed by atoms with Crippen molar-refractivity contribution in [2.24, 2.45) is 0 Å². The molecule has 2 aromatic heterocycles. The number of imidazole rings is 1. The molecule has 0 saturated carbocycles. The maximum absolute atomic E-state index is 11.7. The Labute approximate surface area is 134 Å². The number of ether oxygens (including phenoxy) is 1. The molecule has 0 spiro atoms. The fourth-order valence-corrected chi connectivity index (χ4v) is 2.57. The highest BCUT2D eigenvalue weighted by atomic mass is 16.5. The lowest BCUT2D eigenvalue weighted by Gasteiger charge is -2.09. The van der Waals surface area contributed by atoms with Gasteiger partial charge in [0.25, 0.3) is 0 Å². The summed E-state index contributed by atoms with van der Waals surface area (Å²) in [5.74, 6) is -0.249. The van der Waals surface area contributed by atoms with Crippen molar-refractivity contribution in [1.29, 1.82) is 0 Å². The average molecular weight is 310 g/mol. The van der Waals surface area contributed by atoms with Gasteiger partial charge < -0.3 is 9.84 Å². The Morgan fingerprint density at radius 3 is 2.52 bits per heavy atom. The minimum absolute atomic E-state index is 0.0910. The molecule has 0 aliphatic rings. The van der Waals surface area contributed by atoms with E-state index < -0.39 is 5.97 Å². The molecular formula is C18H18N2O3. The Hall–Kier alpha value is -2.82.